The second-order valence-electron chi connectivity index (χ2n) is 5.54. The molecular weight excluding hydrogens is 292 g/mol. The van der Waals surface area contributed by atoms with Gasteiger partial charge in [0.15, 0.2) is 0 Å². The van der Waals surface area contributed by atoms with Crippen LogP contribution in [0.15, 0.2) is 107 Å². The lowest BCUT2D eigenvalue weighted by molar-refractivity contribution is 0.597. The van der Waals surface area contributed by atoms with E-state index in [1.54, 1.807) is 0 Å². The first-order valence-corrected chi connectivity index (χ1v) is 7.97. The van der Waals surface area contributed by atoms with Crippen molar-refractivity contribution in [3.8, 4) is 22.6 Å². The monoisotopic (exact) mass is 308 g/mol. The molecule has 1 aliphatic rings. The summed E-state index contributed by atoms with van der Waals surface area (Å²) in [6.45, 7) is 0. The number of rotatable bonds is 3. The van der Waals surface area contributed by atoms with Crippen molar-refractivity contribution >= 4 is 5.57 Å². The van der Waals surface area contributed by atoms with Crippen LogP contribution in [0.5, 0.6) is 0 Å². The molecule has 0 saturated heterocycles. The Morgan fingerprint density at radius 2 is 1.38 bits per heavy atom. The van der Waals surface area contributed by atoms with Crippen LogP contribution in [-0.4, -0.2) is 0 Å². The molecule has 4 rings (SSSR count). The van der Waals surface area contributed by atoms with Gasteiger partial charge in [0.2, 0.25) is 0 Å². The molecule has 24 heavy (non-hydrogen) atoms. The predicted octanol–water partition coefficient (Wildman–Crippen LogP) is 6.28. The third kappa shape index (κ3) is 2.81. The third-order valence-corrected chi connectivity index (χ3v) is 3.97. The van der Waals surface area contributed by atoms with E-state index >= 15 is 0 Å². The van der Waals surface area contributed by atoms with Crippen molar-refractivity contribution in [2.75, 3.05) is 0 Å². The van der Waals surface area contributed by atoms with Crippen LogP contribution >= 0.6 is 0 Å². The lowest BCUT2D eigenvalue weighted by atomic mass is 9.98. The number of furan rings is 1. The average Bonchev–Trinajstić information content (AvgIpc) is 2.98. The van der Waals surface area contributed by atoms with E-state index in [9.17, 15) is 0 Å². The summed E-state index contributed by atoms with van der Waals surface area (Å²) in [5.74, 6) is 1.74. The fraction of sp³-hybridized carbons (Fsp3) is 0. The molecule has 0 unspecified atom stereocenters. The van der Waals surface area contributed by atoms with E-state index in [-0.39, 0.29) is 0 Å². The van der Waals surface area contributed by atoms with Gasteiger partial charge >= 0.3 is 0 Å². The molecule has 1 aliphatic carbocycles. The molecule has 0 fully saturated rings. The first-order valence-electron chi connectivity index (χ1n) is 7.97. The minimum Gasteiger partial charge on any atom is -0.456 e. The summed E-state index contributed by atoms with van der Waals surface area (Å²) in [6.07, 6.45) is 10.0. The van der Waals surface area contributed by atoms with Crippen LogP contribution in [0.2, 0.25) is 0 Å². The van der Waals surface area contributed by atoms with E-state index in [1.165, 1.54) is 0 Å². The summed E-state index contributed by atoms with van der Waals surface area (Å²) in [5, 5.41) is 0. The summed E-state index contributed by atoms with van der Waals surface area (Å²) in [7, 11) is 0. The van der Waals surface area contributed by atoms with Crippen LogP contribution in [0.3, 0.4) is 0 Å². The maximum Gasteiger partial charge on any atom is 0.135 e. The van der Waals surface area contributed by atoms with Gasteiger partial charge in [-0.1, -0.05) is 72.8 Å². The van der Waals surface area contributed by atoms with Gasteiger partial charge in [-0.3, -0.25) is 0 Å². The van der Waals surface area contributed by atoms with Crippen molar-refractivity contribution in [3.05, 3.63) is 108 Å². The Bertz CT molecular complexity index is 978. The van der Waals surface area contributed by atoms with Crippen LogP contribution < -0.4 is 0 Å². The number of hydrogen-bond acceptors (Lipinski definition) is 1. The van der Waals surface area contributed by atoms with E-state index in [0.29, 0.717) is 0 Å². The molecule has 0 amide bonds. The van der Waals surface area contributed by atoms with Gasteiger partial charge in [-0.05, 0) is 24.3 Å². The van der Waals surface area contributed by atoms with Gasteiger partial charge in [0.05, 0.1) is 0 Å². The number of benzene rings is 2. The van der Waals surface area contributed by atoms with Crippen LogP contribution in [0, 0.1) is 0 Å². The van der Waals surface area contributed by atoms with Crippen molar-refractivity contribution in [3.63, 3.8) is 0 Å². The summed E-state index contributed by atoms with van der Waals surface area (Å²) >= 11 is 0. The van der Waals surface area contributed by atoms with Crippen molar-refractivity contribution in [2.24, 2.45) is 0 Å². The van der Waals surface area contributed by atoms with Gasteiger partial charge < -0.3 is 4.42 Å². The van der Waals surface area contributed by atoms with Crippen LogP contribution in [-0.2, 0) is 0 Å². The van der Waals surface area contributed by atoms with E-state index in [2.05, 4.69) is 36.1 Å². The topological polar surface area (TPSA) is 13.1 Å². The van der Waals surface area contributed by atoms with Gasteiger partial charge in [-0.25, -0.2) is 0 Å². The molecule has 0 N–H and O–H groups in total. The highest BCUT2D eigenvalue weighted by Gasteiger charge is 2.12. The molecular formula is C23H16O. The molecule has 3 aromatic rings. The normalized spacial score (nSPS) is 12.9. The minimum atomic E-state index is 0.865. The smallest absolute Gasteiger partial charge is 0.135 e. The van der Waals surface area contributed by atoms with Crippen molar-refractivity contribution in [1.29, 1.82) is 0 Å². The highest BCUT2D eigenvalue weighted by Crippen LogP contribution is 2.33. The Labute approximate surface area is 141 Å². The van der Waals surface area contributed by atoms with Crippen LogP contribution in [0.4, 0.5) is 0 Å². The highest BCUT2D eigenvalue weighted by atomic mass is 16.3. The average molecular weight is 308 g/mol. The fourth-order valence-corrected chi connectivity index (χ4v) is 2.80. The SMILES string of the molecule is C1=CC=CC=CC=1c1ccccc1-c1ccc(-c2ccccc2)o1. The van der Waals surface area contributed by atoms with E-state index < -0.39 is 0 Å². The number of allylic oxidation sites excluding steroid dienone is 5. The van der Waals surface area contributed by atoms with Crippen LogP contribution in [0.1, 0.15) is 5.56 Å². The van der Waals surface area contributed by atoms with Crippen molar-refractivity contribution in [1.82, 2.24) is 0 Å². The molecule has 1 aromatic heterocycles. The molecule has 1 nitrogen and oxygen atoms in total. The highest BCUT2D eigenvalue weighted by molar-refractivity contribution is 5.84. The van der Waals surface area contributed by atoms with Crippen LogP contribution in [0.25, 0.3) is 28.2 Å². The van der Waals surface area contributed by atoms with E-state index in [4.69, 9.17) is 4.42 Å². The summed E-state index contributed by atoms with van der Waals surface area (Å²) in [5.41, 5.74) is 7.64. The quantitative estimate of drug-likeness (QED) is 0.519. The maximum atomic E-state index is 6.13. The van der Waals surface area contributed by atoms with Gasteiger partial charge in [0.25, 0.3) is 0 Å². The standard InChI is InChI=1S/C23H16O/c1-2-5-11-18(10-4-1)20-14-8-9-15-21(20)23-17-16-22(24-23)19-12-6-3-7-13-19/h1-10,12-17H. The largest absolute Gasteiger partial charge is 0.456 e. The first-order chi connectivity index (χ1) is 11.9. The lowest BCUT2D eigenvalue weighted by Gasteiger charge is -2.07. The fourth-order valence-electron chi connectivity index (χ4n) is 2.80. The molecule has 0 saturated carbocycles. The molecule has 0 aliphatic heterocycles. The molecule has 0 radical (unpaired) electrons. The Hall–Kier alpha value is -3.28. The Kier molecular flexibility index (Phi) is 3.85. The van der Waals surface area contributed by atoms with E-state index in [0.717, 1.165) is 33.8 Å². The maximum absolute atomic E-state index is 6.13. The summed E-state index contributed by atoms with van der Waals surface area (Å²) < 4.78 is 6.13. The molecule has 0 spiro atoms. The zero-order valence-electron chi connectivity index (χ0n) is 13.1. The van der Waals surface area contributed by atoms with Gasteiger partial charge in [-0.15, -0.1) is 5.73 Å². The Morgan fingerprint density at radius 3 is 2.25 bits per heavy atom. The molecule has 2 aromatic carbocycles. The number of hydrogen-bond donors (Lipinski definition) is 0. The van der Waals surface area contributed by atoms with Crippen molar-refractivity contribution < 1.29 is 4.42 Å². The van der Waals surface area contributed by atoms with Crippen molar-refractivity contribution in [2.45, 2.75) is 0 Å². The third-order valence-electron chi connectivity index (χ3n) is 3.97. The minimum absolute atomic E-state index is 0.865. The molecule has 1 heterocycles. The first kappa shape index (κ1) is 14.3. The van der Waals surface area contributed by atoms with Gasteiger partial charge in [-0.2, -0.15) is 0 Å². The Morgan fingerprint density at radius 1 is 0.625 bits per heavy atom. The molecule has 0 bridgehead atoms. The Balaban J connectivity index is 1.79. The van der Waals surface area contributed by atoms with E-state index in [1.807, 2.05) is 66.8 Å². The predicted molar refractivity (Wildman–Crippen MR) is 99.3 cm³/mol. The second-order valence-corrected chi connectivity index (χ2v) is 5.54. The van der Waals surface area contributed by atoms with Gasteiger partial charge in [0.1, 0.15) is 11.5 Å². The second kappa shape index (κ2) is 6.45. The van der Waals surface area contributed by atoms with Gasteiger partial charge in [0, 0.05) is 22.3 Å². The molecule has 0 atom stereocenters. The summed E-state index contributed by atoms with van der Waals surface area (Å²) in [4.78, 5) is 0. The zero-order valence-corrected chi connectivity index (χ0v) is 13.1. The molecule has 1 heteroatoms. The molecule has 114 valence electrons. The lowest BCUT2D eigenvalue weighted by Crippen LogP contribution is -1.85. The zero-order chi connectivity index (χ0) is 16.2. The summed E-state index contributed by atoms with van der Waals surface area (Å²) in [6, 6.07) is 22.5.